The van der Waals surface area contributed by atoms with Crippen molar-refractivity contribution in [3.8, 4) is 11.3 Å². The van der Waals surface area contributed by atoms with E-state index in [0.29, 0.717) is 17.3 Å². The van der Waals surface area contributed by atoms with E-state index in [1.807, 2.05) is 40.6 Å². The summed E-state index contributed by atoms with van der Waals surface area (Å²) in [6.07, 6.45) is 0. The molecule has 0 saturated heterocycles. The third-order valence-electron chi connectivity index (χ3n) is 5.27. The van der Waals surface area contributed by atoms with Crippen LogP contribution < -0.4 is 0 Å². The number of hydrogen-bond acceptors (Lipinski definition) is 3. The quantitative estimate of drug-likeness (QED) is 0.451. The van der Waals surface area contributed by atoms with Gasteiger partial charge in [-0.25, -0.2) is 0 Å². The smallest absolute Gasteiger partial charge is 0.273 e. The Kier molecular flexibility index (Phi) is 4.49. The minimum absolute atomic E-state index is 0.0216. The number of amides is 1. The number of aromatic nitrogens is 2. The molecule has 0 aliphatic carbocycles. The van der Waals surface area contributed by atoms with Gasteiger partial charge in [-0.2, -0.15) is 5.10 Å². The second-order valence-corrected chi connectivity index (χ2v) is 8.62. The van der Waals surface area contributed by atoms with E-state index >= 15 is 0 Å². The fourth-order valence-corrected chi connectivity index (χ4v) is 4.79. The van der Waals surface area contributed by atoms with Crippen LogP contribution in [0.15, 0.2) is 66.0 Å². The van der Waals surface area contributed by atoms with Crippen molar-refractivity contribution in [2.45, 2.75) is 19.5 Å². The van der Waals surface area contributed by atoms with Crippen LogP contribution in [0.4, 0.5) is 0 Å². The van der Waals surface area contributed by atoms with Crippen LogP contribution in [-0.4, -0.2) is 21.0 Å². The molecule has 1 N–H and O–H groups in total. The number of halogens is 1. The Bertz CT molecular complexity index is 1160. The highest BCUT2D eigenvalue weighted by Gasteiger charge is 2.42. The van der Waals surface area contributed by atoms with Gasteiger partial charge in [0.2, 0.25) is 0 Å². The molecule has 2 aromatic heterocycles. The Hall–Kier alpha value is -2.89. The molecule has 4 nitrogen and oxygen atoms in total. The monoisotopic (exact) mass is 419 g/mol. The van der Waals surface area contributed by atoms with Crippen LogP contribution in [0.25, 0.3) is 11.3 Å². The number of rotatable bonds is 4. The second-order valence-electron chi connectivity index (χ2n) is 7.20. The molecular weight excluding hydrogens is 402 g/mol. The summed E-state index contributed by atoms with van der Waals surface area (Å²) in [4.78, 5) is 16.4. The van der Waals surface area contributed by atoms with Gasteiger partial charge in [-0.15, -0.1) is 11.3 Å². The van der Waals surface area contributed by atoms with E-state index in [2.05, 4.69) is 47.5 Å². The Morgan fingerprint density at radius 1 is 1.10 bits per heavy atom. The first-order valence-corrected chi connectivity index (χ1v) is 10.6. The first-order valence-electron chi connectivity index (χ1n) is 9.36. The molecule has 5 rings (SSSR count). The minimum atomic E-state index is -0.164. The number of benzene rings is 2. The summed E-state index contributed by atoms with van der Waals surface area (Å²) in [5.74, 6) is -0.0216. The van der Waals surface area contributed by atoms with Crippen LogP contribution in [0.2, 0.25) is 5.02 Å². The standard InChI is InChI=1S/C23H18ClN3OS/c1-14-4-6-15(7-5-14)13-27-22(18-3-2-12-29-18)19-20(25-26-21(19)23(27)28)16-8-10-17(24)11-9-16/h2-12,22H,13H2,1H3,(H,25,26). The lowest BCUT2D eigenvalue weighted by molar-refractivity contribution is 0.0732. The van der Waals surface area contributed by atoms with Crippen molar-refractivity contribution in [3.63, 3.8) is 0 Å². The lowest BCUT2D eigenvalue weighted by Gasteiger charge is -2.25. The van der Waals surface area contributed by atoms with Crippen LogP contribution in [-0.2, 0) is 6.54 Å². The van der Waals surface area contributed by atoms with Crippen LogP contribution in [0.5, 0.6) is 0 Å². The molecule has 0 saturated carbocycles. The molecule has 1 aliphatic heterocycles. The minimum Gasteiger partial charge on any atom is -0.321 e. The van der Waals surface area contributed by atoms with Crippen LogP contribution in [0, 0.1) is 6.92 Å². The zero-order valence-electron chi connectivity index (χ0n) is 15.7. The van der Waals surface area contributed by atoms with Crippen molar-refractivity contribution in [3.05, 3.63) is 98.3 Å². The third-order valence-corrected chi connectivity index (χ3v) is 6.44. The first-order chi connectivity index (χ1) is 14.1. The molecule has 6 heteroatoms. The SMILES string of the molecule is Cc1ccc(CN2C(=O)c3[nH]nc(-c4ccc(Cl)cc4)c3C2c2cccs2)cc1. The predicted octanol–water partition coefficient (Wildman–Crippen LogP) is 5.85. The molecule has 1 amide bonds. The van der Waals surface area contributed by atoms with Gasteiger partial charge < -0.3 is 4.90 Å². The Labute approximate surface area is 177 Å². The van der Waals surface area contributed by atoms with E-state index in [4.69, 9.17) is 11.6 Å². The number of H-pyrrole nitrogens is 1. The summed E-state index contributed by atoms with van der Waals surface area (Å²) in [5, 5.41) is 10.2. The van der Waals surface area contributed by atoms with Gasteiger partial charge in [-0.05, 0) is 36.1 Å². The number of hydrogen-bond donors (Lipinski definition) is 1. The predicted molar refractivity (Wildman–Crippen MR) is 116 cm³/mol. The Morgan fingerprint density at radius 3 is 2.55 bits per heavy atom. The molecule has 29 heavy (non-hydrogen) atoms. The van der Waals surface area contributed by atoms with E-state index < -0.39 is 0 Å². The number of aromatic amines is 1. The van der Waals surface area contributed by atoms with Crippen molar-refractivity contribution in [1.29, 1.82) is 0 Å². The average Bonchev–Trinajstić information content (AvgIpc) is 3.44. The van der Waals surface area contributed by atoms with E-state index in [1.54, 1.807) is 11.3 Å². The normalized spacial score (nSPS) is 15.7. The maximum atomic E-state index is 13.3. The molecule has 2 aromatic carbocycles. The summed E-state index contributed by atoms with van der Waals surface area (Å²) >= 11 is 7.71. The van der Waals surface area contributed by atoms with Crippen LogP contribution >= 0.6 is 22.9 Å². The van der Waals surface area contributed by atoms with Crippen molar-refractivity contribution in [2.75, 3.05) is 0 Å². The lowest BCUT2D eigenvalue weighted by atomic mass is 10.0. The molecule has 0 spiro atoms. The summed E-state index contributed by atoms with van der Waals surface area (Å²) in [7, 11) is 0. The van der Waals surface area contributed by atoms with Gasteiger partial charge in [0.1, 0.15) is 5.69 Å². The lowest BCUT2D eigenvalue weighted by Crippen LogP contribution is -2.28. The fraction of sp³-hybridized carbons (Fsp3) is 0.130. The first kappa shape index (κ1) is 18.2. The Balaban J connectivity index is 1.61. The molecule has 1 aliphatic rings. The number of carbonyl (C=O) groups is 1. The summed E-state index contributed by atoms with van der Waals surface area (Å²) < 4.78 is 0. The topological polar surface area (TPSA) is 49.0 Å². The highest BCUT2D eigenvalue weighted by molar-refractivity contribution is 7.10. The van der Waals surface area contributed by atoms with Crippen molar-refractivity contribution < 1.29 is 4.79 Å². The number of carbonyl (C=O) groups excluding carboxylic acids is 1. The molecule has 4 aromatic rings. The molecular formula is C23H18ClN3OS. The van der Waals surface area contributed by atoms with Gasteiger partial charge in [0.05, 0.1) is 11.7 Å². The zero-order valence-corrected chi connectivity index (χ0v) is 17.3. The maximum Gasteiger partial charge on any atom is 0.273 e. The zero-order chi connectivity index (χ0) is 20.0. The number of aryl methyl sites for hydroxylation is 1. The van der Waals surface area contributed by atoms with Crippen molar-refractivity contribution in [2.24, 2.45) is 0 Å². The van der Waals surface area contributed by atoms with Gasteiger partial charge in [-0.3, -0.25) is 9.89 Å². The molecule has 144 valence electrons. The van der Waals surface area contributed by atoms with Crippen molar-refractivity contribution in [1.82, 2.24) is 15.1 Å². The molecule has 0 bridgehead atoms. The number of fused-ring (bicyclic) bond motifs is 1. The maximum absolute atomic E-state index is 13.3. The van der Waals surface area contributed by atoms with Gasteiger partial charge in [0.25, 0.3) is 5.91 Å². The summed E-state index contributed by atoms with van der Waals surface area (Å²) in [5.41, 5.74) is 5.56. The number of thiophene rings is 1. The molecule has 1 unspecified atom stereocenters. The second kappa shape index (κ2) is 7.17. The Morgan fingerprint density at radius 2 is 1.86 bits per heavy atom. The molecule has 1 atom stereocenters. The van der Waals surface area contributed by atoms with E-state index in [-0.39, 0.29) is 11.9 Å². The van der Waals surface area contributed by atoms with E-state index in [0.717, 1.165) is 27.3 Å². The summed E-state index contributed by atoms with van der Waals surface area (Å²) in [6, 6.07) is 19.8. The van der Waals surface area contributed by atoms with E-state index in [1.165, 1.54) is 5.56 Å². The van der Waals surface area contributed by atoms with Crippen LogP contribution in [0.1, 0.15) is 38.1 Å². The summed E-state index contributed by atoms with van der Waals surface area (Å²) in [6.45, 7) is 2.61. The van der Waals surface area contributed by atoms with Crippen molar-refractivity contribution >= 4 is 28.8 Å². The van der Waals surface area contributed by atoms with Gasteiger partial charge in [0.15, 0.2) is 0 Å². The molecule has 0 radical (unpaired) electrons. The van der Waals surface area contributed by atoms with Gasteiger partial charge in [0, 0.05) is 27.6 Å². The third kappa shape index (κ3) is 3.16. The number of nitrogens with one attached hydrogen (secondary N) is 1. The largest absolute Gasteiger partial charge is 0.321 e. The molecule has 0 fully saturated rings. The molecule has 3 heterocycles. The number of nitrogens with zero attached hydrogens (tertiary/aromatic N) is 2. The highest BCUT2D eigenvalue weighted by Crippen LogP contribution is 2.44. The highest BCUT2D eigenvalue weighted by atomic mass is 35.5. The van der Waals surface area contributed by atoms with Gasteiger partial charge >= 0.3 is 0 Å². The average molecular weight is 420 g/mol. The van der Waals surface area contributed by atoms with Crippen LogP contribution in [0.3, 0.4) is 0 Å². The van der Waals surface area contributed by atoms with Gasteiger partial charge in [-0.1, -0.05) is 59.6 Å². The fourth-order valence-electron chi connectivity index (χ4n) is 3.82. The van der Waals surface area contributed by atoms with E-state index in [9.17, 15) is 4.79 Å².